The fourth-order valence-corrected chi connectivity index (χ4v) is 2.77. The lowest BCUT2D eigenvalue weighted by Gasteiger charge is -2.14. The lowest BCUT2D eigenvalue weighted by atomic mass is 10.2. The molecule has 0 spiro atoms. The second-order valence-electron chi connectivity index (χ2n) is 6.07. The van der Waals surface area contributed by atoms with Crippen LogP contribution in [-0.2, 0) is 21.4 Å². The van der Waals surface area contributed by atoms with Crippen LogP contribution in [0.1, 0.15) is 5.56 Å². The van der Waals surface area contributed by atoms with Crippen molar-refractivity contribution < 1.29 is 27.4 Å². The standard InChI is InChI=1S/C18H20N2O6S/c1-20(27(2,22)23)10-13-3-6-15(7-4-13)24-11-18(21)19-14-5-8-16-17(9-14)26-12-25-16/h3-9H,10-12H2,1-2H3,(H,19,21). The highest BCUT2D eigenvalue weighted by molar-refractivity contribution is 7.88. The average molecular weight is 392 g/mol. The average Bonchev–Trinajstić information content (AvgIpc) is 3.08. The van der Waals surface area contributed by atoms with Crippen molar-refractivity contribution in [2.75, 3.05) is 32.0 Å². The van der Waals surface area contributed by atoms with Crippen molar-refractivity contribution in [2.24, 2.45) is 0 Å². The Labute approximate surface area is 157 Å². The normalized spacial score (nSPS) is 12.9. The molecule has 8 nitrogen and oxygen atoms in total. The summed E-state index contributed by atoms with van der Waals surface area (Å²) in [5, 5.41) is 2.72. The number of benzene rings is 2. The molecule has 0 bridgehead atoms. The van der Waals surface area contributed by atoms with E-state index in [4.69, 9.17) is 14.2 Å². The summed E-state index contributed by atoms with van der Waals surface area (Å²) in [6, 6.07) is 12.0. The van der Waals surface area contributed by atoms with Crippen molar-refractivity contribution in [1.82, 2.24) is 4.31 Å². The Bertz CT molecular complexity index is 927. The molecule has 0 atom stereocenters. The molecule has 2 aromatic carbocycles. The lowest BCUT2D eigenvalue weighted by molar-refractivity contribution is -0.118. The monoisotopic (exact) mass is 392 g/mol. The quantitative estimate of drug-likeness (QED) is 0.773. The van der Waals surface area contributed by atoms with Crippen LogP contribution in [0.5, 0.6) is 17.2 Å². The summed E-state index contributed by atoms with van der Waals surface area (Å²) in [6.45, 7) is 0.284. The Morgan fingerprint density at radius 2 is 1.85 bits per heavy atom. The topological polar surface area (TPSA) is 94.2 Å². The summed E-state index contributed by atoms with van der Waals surface area (Å²) in [5.74, 6) is 1.44. The van der Waals surface area contributed by atoms with Gasteiger partial charge in [-0.15, -0.1) is 0 Å². The number of carbonyl (C=O) groups is 1. The zero-order valence-electron chi connectivity index (χ0n) is 15.0. The Balaban J connectivity index is 1.50. The SMILES string of the molecule is CN(Cc1ccc(OCC(=O)Nc2ccc3c(c2)OCO3)cc1)S(C)(=O)=O. The van der Waals surface area contributed by atoms with Crippen LogP contribution < -0.4 is 19.5 Å². The van der Waals surface area contributed by atoms with Crippen molar-refractivity contribution in [1.29, 1.82) is 0 Å². The molecule has 0 saturated heterocycles. The number of nitrogens with zero attached hydrogens (tertiary/aromatic N) is 1. The van der Waals surface area contributed by atoms with Gasteiger partial charge in [-0.2, -0.15) is 0 Å². The van der Waals surface area contributed by atoms with Crippen molar-refractivity contribution in [2.45, 2.75) is 6.54 Å². The maximum absolute atomic E-state index is 12.0. The Kier molecular flexibility index (Phi) is 5.52. The minimum Gasteiger partial charge on any atom is -0.484 e. The van der Waals surface area contributed by atoms with Gasteiger partial charge in [0.2, 0.25) is 16.8 Å². The van der Waals surface area contributed by atoms with E-state index in [9.17, 15) is 13.2 Å². The van der Waals surface area contributed by atoms with Crippen molar-refractivity contribution in [3.63, 3.8) is 0 Å². The Hall–Kier alpha value is -2.78. The minimum atomic E-state index is -3.23. The van der Waals surface area contributed by atoms with Crippen molar-refractivity contribution in [3.05, 3.63) is 48.0 Å². The third-order valence-electron chi connectivity index (χ3n) is 3.92. The number of anilines is 1. The summed E-state index contributed by atoms with van der Waals surface area (Å²) in [6.07, 6.45) is 1.16. The summed E-state index contributed by atoms with van der Waals surface area (Å²) in [5.41, 5.74) is 1.41. The maximum Gasteiger partial charge on any atom is 0.262 e. The van der Waals surface area contributed by atoms with Gasteiger partial charge < -0.3 is 19.5 Å². The molecule has 1 aliphatic heterocycles. The van der Waals surface area contributed by atoms with Crippen LogP contribution in [0.2, 0.25) is 0 Å². The number of rotatable bonds is 7. The van der Waals surface area contributed by atoms with Gasteiger partial charge >= 0.3 is 0 Å². The van der Waals surface area contributed by atoms with Gasteiger partial charge in [0.05, 0.1) is 6.26 Å². The van der Waals surface area contributed by atoms with Crippen LogP contribution in [0.25, 0.3) is 0 Å². The van der Waals surface area contributed by atoms with E-state index in [0.717, 1.165) is 11.8 Å². The molecule has 0 unspecified atom stereocenters. The van der Waals surface area contributed by atoms with Crippen LogP contribution in [0, 0.1) is 0 Å². The zero-order valence-corrected chi connectivity index (χ0v) is 15.8. The van der Waals surface area contributed by atoms with E-state index in [1.807, 2.05) is 0 Å². The fourth-order valence-electron chi connectivity index (χ4n) is 2.39. The molecular weight excluding hydrogens is 372 g/mol. The van der Waals surface area contributed by atoms with E-state index < -0.39 is 10.0 Å². The van der Waals surface area contributed by atoms with E-state index in [1.54, 1.807) is 42.5 Å². The Morgan fingerprint density at radius 1 is 1.15 bits per heavy atom. The molecule has 0 aliphatic carbocycles. The summed E-state index contributed by atoms with van der Waals surface area (Å²) in [4.78, 5) is 12.0. The molecule has 1 N–H and O–H groups in total. The van der Waals surface area contributed by atoms with E-state index in [-0.39, 0.29) is 25.9 Å². The van der Waals surface area contributed by atoms with Crippen LogP contribution in [0.4, 0.5) is 5.69 Å². The highest BCUT2D eigenvalue weighted by atomic mass is 32.2. The third-order valence-corrected chi connectivity index (χ3v) is 5.18. The number of carbonyl (C=O) groups excluding carboxylic acids is 1. The van der Waals surface area contributed by atoms with Gasteiger partial charge in [-0.1, -0.05) is 12.1 Å². The maximum atomic E-state index is 12.0. The molecule has 27 heavy (non-hydrogen) atoms. The van der Waals surface area contributed by atoms with Gasteiger partial charge in [-0.25, -0.2) is 12.7 Å². The third kappa shape index (κ3) is 5.11. The smallest absolute Gasteiger partial charge is 0.262 e. The molecule has 1 amide bonds. The minimum absolute atomic E-state index is 0.156. The molecule has 9 heteroatoms. The van der Waals surface area contributed by atoms with Crippen LogP contribution >= 0.6 is 0 Å². The van der Waals surface area contributed by atoms with Gasteiger partial charge in [0.1, 0.15) is 5.75 Å². The molecule has 0 saturated carbocycles. The summed E-state index contributed by atoms with van der Waals surface area (Å²) >= 11 is 0. The molecule has 1 aliphatic rings. The van der Waals surface area contributed by atoms with Gasteiger partial charge in [0.15, 0.2) is 18.1 Å². The number of nitrogens with one attached hydrogen (secondary N) is 1. The molecule has 144 valence electrons. The summed E-state index contributed by atoms with van der Waals surface area (Å²) < 4.78 is 40.1. The number of amides is 1. The number of sulfonamides is 1. The molecule has 0 fully saturated rings. The molecule has 0 aromatic heterocycles. The second-order valence-corrected chi connectivity index (χ2v) is 8.16. The largest absolute Gasteiger partial charge is 0.484 e. The van der Waals surface area contributed by atoms with Crippen molar-refractivity contribution >= 4 is 21.6 Å². The second kappa shape index (κ2) is 7.85. The van der Waals surface area contributed by atoms with E-state index in [0.29, 0.717) is 22.9 Å². The molecule has 0 radical (unpaired) electrons. The fraction of sp³-hybridized carbons (Fsp3) is 0.278. The van der Waals surface area contributed by atoms with E-state index >= 15 is 0 Å². The highest BCUT2D eigenvalue weighted by Gasteiger charge is 2.14. The number of hydrogen-bond donors (Lipinski definition) is 1. The van der Waals surface area contributed by atoms with Gasteiger partial charge in [0, 0.05) is 25.3 Å². The first-order valence-corrected chi connectivity index (χ1v) is 9.98. The molecular formula is C18H20N2O6S. The lowest BCUT2D eigenvalue weighted by Crippen LogP contribution is -2.24. The Morgan fingerprint density at radius 3 is 2.56 bits per heavy atom. The molecule has 3 rings (SSSR count). The van der Waals surface area contributed by atoms with Crippen LogP contribution in [-0.4, -0.2) is 45.3 Å². The predicted octanol–water partition coefficient (Wildman–Crippen LogP) is 1.82. The predicted molar refractivity (Wildman–Crippen MR) is 99.4 cm³/mol. The van der Waals surface area contributed by atoms with Crippen LogP contribution in [0.3, 0.4) is 0 Å². The summed E-state index contributed by atoms with van der Waals surface area (Å²) in [7, 11) is -1.72. The highest BCUT2D eigenvalue weighted by Crippen LogP contribution is 2.34. The van der Waals surface area contributed by atoms with Crippen LogP contribution in [0.15, 0.2) is 42.5 Å². The first kappa shape index (κ1) is 19.0. The number of fused-ring (bicyclic) bond motifs is 1. The van der Waals surface area contributed by atoms with Gasteiger partial charge in [0.25, 0.3) is 5.91 Å². The molecule has 1 heterocycles. The number of ether oxygens (including phenoxy) is 3. The first-order valence-electron chi connectivity index (χ1n) is 8.14. The van der Waals surface area contributed by atoms with Gasteiger partial charge in [-0.05, 0) is 29.8 Å². The first-order chi connectivity index (χ1) is 12.8. The number of hydrogen-bond acceptors (Lipinski definition) is 6. The van der Waals surface area contributed by atoms with Crippen molar-refractivity contribution in [3.8, 4) is 17.2 Å². The zero-order chi connectivity index (χ0) is 19.4. The van der Waals surface area contributed by atoms with Gasteiger partial charge in [-0.3, -0.25) is 4.79 Å². The van der Waals surface area contributed by atoms with E-state index in [1.165, 1.54) is 11.4 Å². The van der Waals surface area contributed by atoms with E-state index in [2.05, 4.69) is 5.32 Å². The molecule has 2 aromatic rings.